The van der Waals surface area contributed by atoms with Gasteiger partial charge in [0.1, 0.15) is 0 Å². The average Bonchev–Trinajstić information content (AvgIpc) is 2.90. The number of fused-ring (bicyclic) bond motifs is 1. The van der Waals surface area contributed by atoms with Crippen LogP contribution in [0.25, 0.3) is 10.2 Å². The lowest BCUT2D eigenvalue weighted by Crippen LogP contribution is -2.19. The van der Waals surface area contributed by atoms with Crippen LogP contribution >= 0.6 is 22.9 Å². The van der Waals surface area contributed by atoms with E-state index in [1.165, 1.54) is 10.3 Å². The van der Waals surface area contributed by atoms with Crippen LogP contribution in [0.4, 0.5) is 0 Å². The van der Waals surface area contributed by atoms with Crippen LogP contribution in [0.15, 0.2) is 42.5 Å². The lowest BCUT2D eigenvalue weighted by molar-refractivity contribution is 0.588. The molecule has 2 aromatic carbocycles. The van der Waals surface area contributed by atoms with Crippen molar-refractivity contribution in [2.75, 3.05) is 7.05 Å². The van der Waals surface area contributed by atoms with Crippen LogP contribution in [-0.4, -0.2) is 12.0 Å². The first-order valence-corrected chi connectivity index (χ1v) is 8.15. The summed E-state index contributed by atoms with van der Waals surface area (Å²) in [6.07, 6.45) is 0.872. The summed E-state index contributed by atoms with van der Waals surface area (Å²) in [6.45, 7) is 2.07. The van der Waals surface area contributed by atoms with Crippen LogP contribution in [0.2, 0.25) is 5.02 Å². The number of thiazole rings is 1. The lowest BCUT2D eigenvalue weighted by Gasteiger charge is -2.18. The maximum atomic E-state index is 6.24. The molecule has 3 rings (SSSR count). The largest absolute Gasteiger partial charge is 0.313 e. The number of nitrogens with one attached hydrogen (secondary N) is 1. The molecule has 0 bridgehead atoms. The highest BCUT2D eigenvalue weighted by atomic mass is 35.5. The van der Waals surface area contributed by atoms with Crippen LogP contribution < -0.4 is 5.32 Å². The second kappa shape index (κ2) is 6.14. The van der Waals surface area contributed by atoms with Gasteiger partial charge in [-0.1, -0.05) is 35.9 Å². The van der Waals surface area contributed by atoms with Gasteiger partial charge in [-0.2, -0.15) is 0 Å². The highest BCUT2D eigenvalue weighted by Crippen LogP contribution is 2.29. The first-order valence-electron chi connectivity index (χ1n) is 6.95. The monoisotopic (exact) mass is 316 g/mol. The Morgan fingerprint density at radius 1 is 1.19 bits per heavy atom. The third-order valence-corrected chi connectivity index (χ3v) is 5.22. The van der Waals surface area contributed by atoms with Crippen molar-refractivity contribution in [3.63, 3.8) is 0 Å². The van der Waals surface area contributed by atoms with E-state index in [0.29, 0.717) is 0 Å². The molecule has 0 aliphatic rings. The maximum absolute atomic E-state index is 6.24. The molecule has 3 aromatic rings. The molecule has 0 aliphatic heterocycles. The number of hydrogen-bond acceptors (Lipinski definition) is 3. The molecule has 0 spiro atoms. The van der Waals surface area contributed by atoms with Gasteiger partial charge in [0.15, 0.2) is 0 Å². The third-order valence-electron chi connectivity index (χ3n) is 3.75. The van der Waals surface area contributed by atoms with Crippen molar-refractivity contribution >= 4 is 33.2 Å². The van der Waals surface area contributed by atoms with Gasteiger partial charge in [-0.15, -0.1) is 11.3 Å². The second-order valence-corrected chi connectivity index (χ2v) is 6.60. The molecule has 1 unspecified atom stereocenters. The third kappa shape index (κ3) is 2.95. The van der Waals surface area contributed by atoms with Crippen molar-refractivity contribution < 1.29 is 0 Å². The molecule has 0 fully saturated rings. The van der Waals surface area contributed by atoms with E-state index in [1.54, 1.807) is 11.3 Å². The van der Waals surface area contributed by atoms with E-state index < -0.39 is 0 Å². The summed E-state index contributed by atoms with van der Waals surface area (Å²) in [7, 11) is 1.98. The Kier molecular flexibility index (Phi) is 4.24. The van der Waals surface area contributed by atoms with Crippen LogP contribution in [0.1, 0.15) is 22.2 Å². The summed E-state index contributed by atoms with van der Waals surface area (Å²) in [5, 5.41) is 5.35. The number of rotatable bonds is 4. The van der Waals surface area contributed by atoms with Gasteiger partial charge in [0.2, 0.25) is 0 Å². The van der Waals surface area contributed by atoms with Gasteiger partial charge >= 0.3 is 0 Å². The Morgan fingerprint density at radius 2 is 2.00 bits per heavy atom. The summed E-state index contributed by atoms with van der Waals surface area (Å²) in [5.74, 6) is 0. The van der Waals surface area contributed by atoms with Crippen molar-refractivity contribution in [2.24, 2.45) is 0 Å². The Hall–Kier alpha value is -1.42. The number of benzene rings is 2. The zero-order valence-corrected chi connectivity index (χ0v) is 13.6. The molecule has 0 aliphatic carbocycles. The molecule has 21 heavy (non-hydrogen) atoms. The molecule has 0 radical (unpaired) electrons. The smallest absolute Gasteiger partial charge is 0.0957 e. The van der Waals surface area contributed by atoms with Crippen molar-refractivity contribution in [3.8, 4) is 0 Å². The van der Waals surface area contributed by atoms with E-state index in [9.17, 15) is 0 Å². The quantitative estimate of drug-likeness (QED) is 0.750. The molecular weight excluding hydrogens is 300 g/mol. The van der Waals surface area contributed by atoms with E-state index >= 15 is 0 Å². The second-order valence-electron chi connectivity index (χ2n) is 5.07. The Bertz CT molecular complexity index is 733. The van der Waals surface area contributed by atoms with Crippen molar-refractivity contribution in [3.05, 3.63) is 63.6 Å². The summed E-state index contributed by atoms with van der Waals surface area (Å²) >= 11 is 8.00. The minimum absolute atomic E-state index is 0.226. The van der Waals surface area contributed by atoms with Gasteiger partial charge in [0, 0.05) is 17.5 Å². The summed E-state index contributed by atoms with van der Waals surface area (Å²) in [5.41, 5.74) is 3.46. The number of nitrogens with zero attached hydrogens (tertiary/aromatic N) is 1. The minimum atomic E-state index is 0.226. The van der Waals surface area contributed by atoms with Crippen LogP contribution in [0.3, 0.4) is 0 Å². The van der Waals surface area contributed by atoms with Crippen molar-refractivity contribution in [1.82, 2.24) is 10.3 Å². The zero-order chi connectivity index (χ0) is 14.8. The Labute approximate surface area is 133 Å². The molecule has 1 atom stereocenters. The summed E-state index contributed by atoms with van der Waals surface area (Å²) in [4.78, 5) is 4.72. The van der Waals surface area contributed by atoms with Crippen LogP contribution in [0, 0.1) is 6.92 Å². The van der Waals surface area contributed by atoms with Crippen molar-refractivity contribution in [2.45, 2.75) is 19.4 Å². The summed E-state index contributed by atoms with van der Waals surface area (Å²) < 4.78 is 1.24. The van der Waals surface area contributed by atoms with Gasteiger partial charge in [-0.05, 0) is 43.3 Å². The Morgan fingerprint density at radius 3 is 2.76 bits per heavy atom. The van der Waals surface area contributed by atoms with E-state index in [-0.39, 0.29) is 6.04 Å². The SMILES string of the molecule is CNC(Cc1nc2ccccc2s1)c1cccc(Cl)c1C. The number of aromatic nitrogens is 1. The molecule has 2 nitrogen and oxygen atoms in total. The molecule has 1 heterocycles. The molecule has 0 saturated carbocycles. The van der Waals surface area contributed by atoms with E-state index in [2.05, 4.69) is 36.5 Å². The van der Waals surface area contributed by atoms with Crippen molar-refractivity contribution in [1.29, 1.82) is 0 Å². The molecule has 1 N–H and O–H groups in total. The standard InChI is InChI=1S/C17H17ClN2S/c1-11-12(6-5-7-13(11)18)15(19-2)10-17-20-14-8-3-4-9-16(14)21-17/h3-9,15,19H,10H2,1-2H3. The fourth-order valence-electron chi connectivity index (χ4n) is 2.55. The Balaban J connectivity index is 1.92. The van der Waals surface area contributed by atoms with E-state index in [1.807, 2.05) is 25.2 Å². The average molecular weight is 317 g/mol. The predicted octanol–water partition coefficient (Wildman–Crippen LogP) is 4.76. The zero-order valence-electron chi connectivity index (χ0n) is 12.1. The molecular formula is C17H17ClN2S. The van der Waals surface area contributed by atoms with E-state index in [0.717, 1.165) is 27.5 Å². The predicted molar refractivity (Wildman–Crippen MR) is 91.3 cm³/mol. The number of para-hydroxylation sites is 1. The fraction of sp³-hybridized carbons (Fsp3) is 0.235. The van der Waals surface area contributed by atoms with E-state index in [4.69, 9.17) is 16.6 Å². The normalized spacial score (nSPS) is 12.7. The molecule has 1 aromatic heterocycles. The number of hydrogen-bond donors (Lipinski definition) is 1. The van der Waals surface area contributed by atoms with Gasteiger partial charge < -0.3 is 5.32 Å². The fourth-order valence-corrected chi connectivity index (χ4v) is 3.75. The number of halogens is 1. The molecule has 4 heteroatoms. The maximum Gasteiger partial charge on any atom is 0.0957 e. The molecule has 0 saturated heterocycles. The number of likely N-dealkylation sites (N-methyl/N-ethyl adjacent to an activating group) is 1. The highest BCUT2D eigenvalue weighted by molar-refractivity contribution is 7.18. The van der Waals surface area contributed by atoms with Crippen LogP contribution in [0.5, 0.6) is 0 Å². The topological polar surface area (TPSA) is 24.9 Å². The van der Waals surface area contributed by atoms with Gasteiger partial charge in [-0.25, -0.2) is 4.98 Å². The first kappa shape index (κ1) is 14.5. The lowest BCUT2D eigenvalue weighted by atomic mass is 9.99. The van der Waals surface area contributed by atoms with Gasteiger partial charge in [-0.3, -0.25) is 0 Å². The highest BCUT2D eigenvalue weighted by Gasteiger charge is 2.16. The minimum Gasteiger partial charge on any atom is -0.313 e. The van der Waals surface area contributed by atoms with Crippen LogP contribution in [-0.2, 0) is 6.42 Å². The summed E-state index contributed by atoms with van der Waals surface area (Å²) in [6, 6.07) is 14.6. The van der Waals surface area contributed by atoms with Gasteiger partial charge in [0.25, 0.3) is 0 Å². The molecule has 0 amide bonds. The van der Waals surface area contributed by atoms with Gasteiger partial charge in [0.05, 0.1) is 15.2 Å². The molecule has 108 valence electrons. The first-order chi connectivity index (χ1) is 10.2.